The summed E-state index contributed by atoms with van der Waals surface area (Å²) in [6.07, 6.45) is -1.99. The Morgan fingerprint density at radius 1 is 0.975 bits per heavy atom. The van der Waals surface area contributed by atoms with Crippen molar-refractivity contribution in [1.29, 1.82) is 0 Å². The predicted molar refractivity (Wildman–Crippen MR) is 129 cm³/mol. The van der Waals surface area contributed by atoms with Crippen LogP contribution in [-0.2, 0) is 11.0 Å². The lowest BCUT2D eigenvalue weighted by atomic mass is 10.2. The second-order valence-corrected chi connectivity index (χ2v) is 8.20. The number of imide groups is 1. The van der Waals surface area contributed by atoms with Gasteiger partial charge in [0, 0.05) is 18.3 Å². The highest BCUT2D eigenvalue weighted by molar-refractivity contribution is 6.27. The largest absolute Gasteiger partial charge is 0.497 e. The smallest absolute Gasteiger partial charge is 0.417 e. The van der Waals surface area contributed by atoms with E-state index >= 15 is 0 Å². The normalized spacial score (nSPS) is 13.9. The topological polar surface area (TPSA) is 107 Å². The average Bonchev–Trinajstić information content (AvgIpc) is 3.21. The molecule has 0 atom stereocenters. The molecule has 0 unspecified atom stereocenters. The van der Waals surface area contributed by atoms with Gasteiger partial charge in [0.1, 0.15) is 24.4 Å². The molecule has 1 aliphatic rings. The molecule has 0 N–H and O–H groups in total. The van der Waals surface area contributed by atoms with E-state index in [9.17, 15) is 31.5 Å². The standard InChI is InChI=1S/C25H16F5N5O5/c1-38-15-2-4-17-18(7-15)32-12-33-22(17)39-16-3-5-19(20(8-16)40-23(26)27)35-21(36)11-34(24(35)37)14-6-13(9-31-10-14)25(28,29)30/h2-10,12,23H,11H2,1H3. The third-order valence-corrected chi connectivity index (χ3v) is 5.74. The number of anilines is 2. The molecule has 4 aromatic rings. The van der Waals surface area contributed by atoms with E-state index in [-0.39, 0.29) is 23.0 Å². The Bertz CT molecular complexity index is 1620. The lowest BCUT2D eigenvalue weighted by molar-refractivity contribution is -0.137. The average molecular weight is 561 g/mol. The van der Waals surface area contributed by atoms with Crippen molar-refractivity contribution >= 4 is 34.2 Å². The van der Waals surface area contributed by atoms with E-state index in [1.165, 1.54) is 19.5 Å². The molecule has 0 radical (unpaired) electrons. The van der Waals surface area contributed by atoms with Crippen molar-refractivity contribution in [2.24, 2.45) is 0 Å². The first-order valence-corrected chi connectivity index (χ1v) is 11.3. The van der Waals surface area contributed by atoms with Crippen LogP contribution < -0.4 is 24.0 Å². The first-order valence-electron chi connectivity index (χ1n) is 11.3. The molecule has 1 aliphatic heterocycles. The van der Waals surface area contributed by atoms with Gasteiger partial charge in [-0.05, 0) is 30.3 Å². The maximum atomic E-state index is 13.3. The number of fused-ring (bicyclic) bond motifs is 1. The molecule has 3 amide bonds. The first-order chi connectivity index (χ1) is 19.0. The third kappa shape index (κ3) is 5.12. The zero-order chi connectivity index (χ0) is 28.6. The fourth-order valence-corrected chi connectivity index (χ4v) is 3.94. The van der Waals surface area contributed by atoms with Gasteiger partial charge >= 0.3 is 18.8 Å². The fourth-order valence-electron chi connectivity index (χ4n) is 3.94. The molecule has 1 fully saturated rings. The van der Waals surface area contributed by atoms with Crippen LogP contribution in [0.3, 0.4) is 0 Å². The SMILES string of the molecule is COc1ccc2c(Oc3ccc(N4C(=O)CN(c5cncc(C(F)(F)F)c5)C4=O)c(OC(F)F)c3)ncnc2c1. The Morgan fingerprint density at radius 3 is 2.48 bits per heavy atom. The Balaban J connectivity index is 1.47. The summed E-state index contributed by atoms with van der Waals surface area (Å²) in [4.78, 5) is 38.8. The van der Waals surface area contributed by atoms with Gasteiger partial charge < -0.3 is 14.2 Å². The molecule has 15 heteroatoms. The molecule has 0 saturated carbocycles. The van der Waals surface area contributed by atoms with E-state index in [0.717, 1.165) is 23.2 Å². The molecule has 0 bridgehead atoms. The van der Waals surface area contributed by atoms with Crippen LogP contribution in [0.4, 0.5) is 38.1 Å². The van der Waals surface area contributed by atoms with E-state index in [1.807, 2.05) is 0 Å². The van der Waals surface area contributed by atoms with Crippen molar-refractivity contribution in [2.45, 2.75) is 12.8 Å². The number of amides is 3. The van der Waals surface area contributed by atoms with Gasteiger partial charge in [-0.1, -0.05) is 0 Å². The number of methoxy groups -OCH3 is 1. The number of halogens is 5. The molecular formula is C25H16F5N5O5. The summed E-state index contributed by atoms with van der Waals surface area (Å²) < 4.78 is 81.5. The van der Waals surface area contributed by atoms with Gasteiger partial charge in [-0.3, -0.25) is 14.7 Å². The van der Waals surface area contributed by atoms with Crippen molar-refractivity contribution in [3.63, 3.8) is 0 Å². The van der Waals surface area contributed by atoms with E-state index in [1.54, 1.807) is 18.2 Å². The number of aromatic nitrogens is 3. The van der Waals surface area contributed by atoms with Crippen LogP contribution in [0.2, 0.25) is 0 Å². The molecule has 40 heavy (non-hydrogen) atoms. The van der Waals surface area contributed by atoms with Crippen LogP contribution in [0.25, 0.3) is 10.9 Å². The number of ether oxygens (including phenoxy) is 3. The van der Waals surface area contributed by atoms with E-state index < -0.39 is 42.6 Å². The van der Waals surface area contributed by atoms with Crippen molar-refractivity contribution < 1.29 is 45.8 Å². The summed E-state index contributed by atoms with van der Waals surface area (Å²) in [5, 5.41) is 0.471. The van der Waals surface area contributed by atoms with Crippen LogP contribution in [0.5, 0.6) is 23.1 Å². The van der Waals surface area contributed by atoms with E-state index in [4.69, 9.17) is 9.47 Å². The van der Waals surface area contributed by atoms with Crippen LogP contribution >= 0.6 is 0 Å². The Kier molecular flexibility index (Phi) is 6.79. The summed E-state index contributed by atoms with van der Waals surface area (Å²) >= 11 is 0. The second-order valence-electron chi connectivity index (χ2n) is 8.20. The maximum absolute atomic E-state index is 13.3. The molecule has 3 heterocycles. The molecule has 10 nitrogen and oxygen atoms in total. The van der Waals surface area contributed by atoms with Gasteiger partial charge in [-0.25, -0.2) is 19.7 Å². The number of carbonyl (C=O) groups is 2. The quantitative estimate of drug-likeness (QED) is 0.218. The maximum Gasteiger partial charge on any atom is 0.417 e. The molecular weight excluding hydrogens is 545 g/mol. The predicted octanol–water partition coefficient (Wildman–Crippen LogP) is 5.42. The minimum absolute atomic E-state index is 0.0340. The number of benzene rings is 2. The lowest BCUT2D eigenvalue weighted by Gasteiger charge is -2.20. The highest BCUT2D eigenvalue weighted by Crippen LogP contribution is 2.39. The molecule has 2 aromatic carbocycles. The van der Waals surface area contributed by atoms with Crippen molar-refractivity contribution in [2.75, 3.05) is 23.5 Å². The van der Waals surface area contributed by atoms with E-state index in [2.05, 4.69) is 19.7 Å². The zero-order valence-electron chi connectivity index (χ0n) is 20.2. The monoisotopic (exact) mass is 561 g/mol. The van der Waals surface area contributed by atoms with Gasteiger partial charge in [0.15, 0.2) is 5.75 Å². The minimum Gasteiger partial charge on any atom is -0.497 e. The lowest BCUT2D eigenvalue weighted by Crippen LogP contribution is -2.33. The molecule has 2 aromatic heterocycles. The summed E-state index contributed by atoms with van der Waals surface area (Å²) in [5.74, 6) is -0.929. The van der Waals surface area contributed by atoms with Crippen LogP contribution in [0.1, 0.15) is 5.56 Å². The Hall–Kier alpha value is -5.08. The molecule has 0 aliphatic carbocycles. The minimum atomic E-state index is -4.75. The van der Waals surface area contributed by atoms with Crippen LogP contribution in [-0.4, -0.2) is 47.2 Å². The number of urea groups is 1. The Morgan fingerprint density at radius 2 is 1.75 bits per heavy atom. The molecule has 206 valence electrons. The van der Waals surface area contributed by atoms with Gasteiger partial charge in [0.25, 0.3) is 5.91 Å². The zero-order valence-corrected chi connectivity index (χ0v) is 20.2. The Labute approximate surface area is 221 Å². The summed E-state index contributed by atoms with van der Waals surface area (Å²) in [6.45, 7) is -4.01. The van der Waals surface area contributed by atoms with Gasteiger partial charge in [0.05, 0.1) is 41.1 Å². The molecule has 0 spiro atoms. The summed E-state index contributed by atoms with van der Waals surface area (Å²) in [5.41, 5.74) is -1.34. The number of hydrogen-bond acceptors (Lipinski definition) is 8. The van der Waals surface area contributed by atoms with Gasteiger partial charge in [-0.15, -0.1) is 0 Å². The second kappa shape index (κ2) is 10.2. The van der Waals surface area contributed by atoms with Gasteiger partial charge in [0.2, 0.25) is 5.88 Å². The van der Waals surface area contributed by atoms with Crippen molar-refractivity contribution in [3.8, 4) is 23.1 Å². The number of rotatable bonds is 7. The van der Waals surface area contributed by atoms with E-state index in [0.29, 0.717) is 33.8 Å². The molecule has 1 saturated heterocycles. The van der Waals surface area contributed by atoms with Crippen molar-refractivity contribution in [1.82, 2.24) is 15.0 Å². The summed E-state index contributed by atoms with van der Waals surface area (Å²) in [7, 11) is 1.48. The number of alkyl halides is 5. The number of carbonyl (C=O) groups excluding carboxylic acids is 2. The van der Waals surface area contributed by atoms with Crippen LogP contribution in [0, 0.1) is 0 Å². The fraction of sp³-hybridized carbons (Fsp3) is 0.160. The van der Waals surface area contributed by atoms with Gasteiger partial charge in [-0.2, -0.15) is 22.0 Å². The first kappa shape index (κ1) is 26.5. The highest BCUT2D eigenvalue weighted by atomic mass is 19.4. The van der Waals surface area contributed by atoms with Crippen molar-refractivity contribution in [3.05, 3.63) is 66.7 Å². The number of hydrogen-bond donors (Lipinski definition) is 0. The summed E-state index contributed by atoms with van der Waals surface area (Å²) in [6, 6.07) is 7.90. The highest BCUT2D eigenvalue weighted by Gasteiger charge is 2.41. The van der Waals surface area contributed by atoms with Crippen LogP contribution in [0.15, 0.2) is 61.2 Å². The number of nitrogens with zero attached hydrogens (tertiary/aromatic N) is 5. The third-order valence-electron chi connectivity index (χ3n) is 5.74. The number of pyridine rings is 1. The molecule has 5 rings (SSSR count).